The van der Waals surface area contributed by atoms with Gasteiger partial charge in [-0.15, -0.1) is 11.3 Å². The minimum absolute atomic E-state index is 0.193. The van der Waals surface area contributed by atoms with Gasteiger partial charge in [-0.05, 0) is 51.8 Å². The Bertz CT molecular complexity index is 369. The quantitative estimate of drug-likeness (QED) is 0.813. The zero-order chi connectivity index (χ0) is 12.9. The summed E-state index contributed by atoms with van der Waals surface area (Å²) in [5.74, 6) is 0. The average Bonchev–Trinajstić information content (AvgIpc) is 2.70. The Morgan fingerprint density at radius 3 is 2.47 bits per heavy atom. The van der Waals surface area contributed by atoms with E-state index in [9.17, 15) is 0 Å². The molecule has 1 aromatic heterocycles. The van der Waals surface area contributed by atoms with E-state index in [2.05, 4.69) is 58.1 Å². The van der Waals surface area contributed by atoms with Crippen LogP contribution in [-0.2, 0) is 6.42 Å². The first-order valence-corrected chi connectivity index (χ1v) is 7.29. The van der Waals surface area contributed by atoms with Crippen molar-refractivity contribution in [1.82, 2.24) is 5.32 Å². The number of hydrogen-bond acceptors (Lipinski definition) is 2. The van der Waals surface area contributed by atoms with Crippen molar-refractivity contribution in [1.29, 1.82) is 0 Å². The second kappa shape index (κ2) is 6.36. The Morgan fingerprint density at radius 2 is 2.00 bits per heavy atom. The second-order valence-electron chi connectivity index (χ2n) is 5.42. The molecule has 2 heteroatoms. The van der Waals surface area contributed by atoms with E-state index in [1.807, 2.05) is 11.3 Å². The molecule has 0 aliphatic rings. The Labute approximate surface area is 110 Å². The van der Waals surface area contributed by atoms with E-state index in [0.29, 0.717) is 0 Å². The van der Waals surface area contributed by atoms with Gasteiger partial charge in [0.15, 0.2) is 0 Å². The molecule has 0 bridgehead atoms. The number of hydrogen-bond donors (Lipinski definition) is 1. The van der Waals surface area contributed by atoms with Crippen LogP contribution in [0, 0.1) is 0 Å². The van der Waals surface area contributed by atoms with Crippen LogP contribution >= 0.6 is 11.3 Å². The summed E-state index contributed by atoms with van der Waals surface area (Å²) in [7, 11) is 0. The summed E-state index contributed by atoms with van der Waals surface area (Å²) in [4.78, 5) is 2.85. The predicted octanol–water partition coefficient (Wildman–Crippen LogP) is 4.49. The highest BCUT2D eigenvalue weighted by molar-refractivity contribution is 7.12. The van der Waals surface area contributed by atoms with Crippen molar-refractivity contribution in [3.05, 3.63) is 27.5 Å². The highest BCUT2D eigenvalue weighted by atomic mass is 32.1. The lowest BCUT2D eigenvalue weighted by atomic mass is 10.1. The van der Waals surface area contributed by atoms with E-state index in [1.54, 1.807) is 0 Å². The van der Waals surface area contributed by atoms with Gasteiger partial charge in [0.1, 0.15) is 0 Å². The van der Waals surface area contributed by atoms with E-state index >= 15 is 0 Å². The van der Waals surface area contributed by atoms with Crippen LogP contribution in [0.4, 0.5) is 0 Å². The minimum Gasteiger partial charge on any atom is -0.308 e. The molecule has 1 N–H and O–H groups in total. The first kappa shape index (κ1) is 14.5. The lowest BCUT2D eigenvalue weighted by Gasteiger charge is -2.21. The largest absolute Gasteiger partial charge is 0.308 e. The summed E-state index contributed by atoms with van der Waals surface area (Å²) in [6.07, 6.45) is 4.59. The third-order valence-corrected chi connectivity index (χ3v) is 3.85. The molecule has 0 atom stereocenters. The number of nitrogens with one attached hydrogen (secondary N) is 1. The van der Waals surface area contributed by atoms with Crippen LogP contribution in [0.3, 0.4) is 0 Å². The fraction of sp³-hybridized carbons (Fsp3) is 0.600. The third kappa shape index (κ3) is 5.51. The van der Waals surface area contributed by atoms with Crippen LogP contribution in [0.5, 0.6) is 0 Å². The molecule has 1 nitrogen and oxygen atoms in total. The molecule has 0 saturated heterocycles. The zero-order valence-electron chi connectivity index (χ0n) is 11.8. The van der Waals surface area contributed by atoms with Gasteiger partial charge in [-0.25, -0.2) is 0 Å². The molecule has 0 saturated carbocycles. The summed E-state index contributed by atoms with van der Waals surface area (Å²) < 4.78 is 0. The average molecular weight is 251 g/mol. The summed E-state index contributed by atoms with van der Waals surface area (Å²) in [5, 5.41) is 3.55. The van der Waals surface area contributed by atoms with Gasteiger partial charge < -0.3 is 5.32 Å². The molecular weight excluding hydrogens is 226 g/mol. The fourth-order valence-corrected chi connectivity index (χ4v) is 2.46. The zero-order valence-corrected chi connectivity index (χ0v) is 12.6. The van der Waals surface area contributed by atoms with Gasteiger partial charge in [-0.2, -0.15) is 0 Å². The van der Waals surface area contributed by atoms with Crippen LogP contribution in [-0.4, -0.2) is 12.1 Å². The van der Waals surface area contributed by atoms with Gasteiger partial charge in [0.25, 0.3) is 0 Å². The fourth-order valence-electron chi connectivity index (χ4n) is 1.52. The lowest BCUT2D eigenvalue weighted by molar-refractivity contribution is 0.443. The lowest BCUT2D eigenvalue weighted by Crippen LogP contribution is -2.36. The summed E-state index contributed by atoms with van der Waals surface area (Å²) >= 11 is 1.91. The van der Waals surface area contributed by atoms with Gasteiger partial charge in [-0.3, -0.25) is 0 Å². The predicted molar refractivity (Wildman–Crippen MR) is 79.7 cm³/mol. The molecule has 1 heterocycles. The first-order valence-electron chi connectivity index (χ1n) is 6.47. The van der Waals surface area contributed by atoms with Crippen molar-refractivity contribution in [2.45, 2.75) is 53.0 Å². The molecule has 1 aromatic rings. The van der Waals surface area contributed by atoms with Gasteiger partial charge in [-0.1, -0.05) is 19.4 Å². The van der Waals surface area contributed by atoms with Crippen LogP contribution < -0.4 is 5.32 Å². The van der Waals surface area contributed by atoms with E-state index in [4.69, 9.17) is 0 Å². The highest BCUT2D eigenvalue weighted by Crippen LogP contribution is 2.20. The van der Waals surface area contributed by atoms with E-state index in [-0.39, 0.29) is 5.54 Å². The normalized spacial score (nSPS) is 13.1. The molecular formula is C15H25NS. The first-order chi connectivity index (χ1) is 7.94. The van der Waals surface area contributed by atoms with Crippen LogP contribution in [0.25, 0.3) is 6.08 Å². The second-order valence-corrected chi connectivity index (χ2v) is 6.62. The Kier molecular flexibility index (Phi) is 5.41. The maximum atomic E-state index is 3.55. The Hall–Kier alpha value is -0.600. The van der Waals surface area contributed by atoms with Crippen LogP contribution in [0.2, 0.25) is 0 Å². The van der Waals surface area contributed by atoms with Crippen molar-refractivity contribution >= 4 is 17.4 Å². The van der Waals surface area contributed by atoms with E-state index in [1.165, 1.54) is 15.3 Å². The van der Waals surface area contributed by atoms with Gasteiger partial charge in [0.05, 0.1) is 0 Å². The van der Waals surface area contributed by atoms with Crippen LogP contribution in [0.1, 0.15) is 50.8 Å². The number of aryl methyl sites for hydroxylation is 1. The van der Waals surface area contributed by atoms with Gasteiger partial charge >= 0.3 is 0 Å². The minimum atomic E-state index is 0.193. The van der Waals surface area contributed by atoms with E-state index in [0.717, 1.165) is 19.4 Å². The van der Waals surface area contributed by atoms with Gasteiger partial charge in [0.2, 0.25) is 0 Å². The SMILES string of the molecule is CCC(=Cc1ccc(CC)s1)CNC(C)(C)C. The topological polar surface area (TPSA) is 12.0 Å². The maximum Gasteiger partial charge on any atom is 0.0273 e. The van der Waals surface area contributed by atoms with Crippen molar-refractivity contribution in [3.8, 4) is 0 Å². The Balaban J connectivity index is 2.66. The number of thiophene rings is 1. The summed E-state index contributed by atoms with van der Waals surface area (Å²) in [5.41, 5.74) is 1.67. The van der Waals surface area contributed by atoms with Crippen molar-refractivity contribution < 1.29 is 0 Å². The molecule has 0 spiro atoms. The van der Waals surface area contributed by atoms with Crippen molar-refractivity contribution in [2.75, 3.05) is 6.54 Å². The molecule has 0 unspecified atom stereocenters. The van der Waals surface area contributed by atoms with Crippen molar-refractivity contribution in [2.24, 2.45) is 0 Å². The summed E-state index contributed by atoms with van der Waals surface area (Å²) in [6.45, 7) is 12.0. The molecule has 0 aliphatic carbocycles. The molecule has 17 heavy (non-hydrogen) atoms. The smallest absolute Gasteiger partial charge is 0.0273 e. The molecule has 0 fully saturated rings. The molecule has 96 valence electrons. The maximum absolute atomic E-state index is 3.55. The van der Waals surface area contributed by atoms with Gasteiger partial charge in [0, 0.05) is 21.8 Å². The molecule has 0 aliphatic heterocycles. The van der Waals surface area contributed by atoms with Crippen molar-refractivity contribution in [3.63, 3.8) is 0 Å². The highest BCUT2D eigenvalue weighted by Gasteiger charge is 2.09. The van der Waals surface area contributed by atoms with E-state index < -0.39 is 0 Å². The standard InChI is InChI=1S/C15H25NS/c1-6-12(11-16-15(3,4)5)10-14-9-8-13(7-2)17-14/h8-10,16H,6-7,11H2,1-5H3. The number of rotatable bonds is 5. The summed E-state index contributed by atoms with van der Waals surface area (Å²) in [6, 6.07) is 4.47. The monoisotopic (exact) mass is 251 g/mol. The molecule has 0 aromatic carbocycles. The van der Waals surface area contributed by atoms with Crippen LogP contribution in [0.15, 0.2) is 17.7 Å². The molecule has 0 radical (unpaired) electrons. The molecule has 0 amide bonds. The molecule has 1 rings (SSSR count). The third-order valence-electron chi connectivity index (χ3n) is 2.68. The Morgan fingerprint density at radius 1 is 1.29 bits per heavy atom.